The fourth-order valence-corrected chi connectivity index (χ4v) is 7.99. The molecule has 4 amide bonds. The normalized spacial score (nSPS) is 15.3. The second-order valence-electron chi connectivity index (χ2n) is 12.5. The number of methoxy groups -OCH3 is 2. The van der Waals surface area contributed by atoms with E-state index in [2.05, 4.69) is 40.7 Å². The molecular formula is C38H43BrN6O10S2. The third kappa shape index (κ3) is 13.9. The molecule has 304 valence electrons. The van der Waals surface area contributed by atoms with Gasteiger partial charge in [-0.05, 0) is 48.5 Å². The third-order valence-electron chi connectivity index (χ3n) is 8.52. The number of para-hydroxylation sites is 2. The van der Waals surface area contributed by atoms with Crippen LogP contribution in [0.5, 0.6) is 0 Å². The monoisotopic (exact) mass is 886 g/mol. The Hall–Kier alpha value is -5.40. The molecule has 2 saturated heterocycles. The molecule has 6 rings (SSSR count). The van der Waals surface area contributed by atoms with E-state index in [0.717, 1.165) is 5.69 Å². The molecule has 1 N–H and O–H groups in total. The number of alkyl halides is 1. The Bertz CT molecular complexity index is 2150. The van der Waals surface area contributed by atoms with Crippen LogP contribution in [0.1, 0.15) is 32.1 Å². The van der Waals surface area contributed by atoms with Crippen molar-refractivity contribution in [1.82, 2.24) is 19.8 Å². The first kappa shape index (κ1) is 44.3. The van der Waals surface area contributed by atoms with Gasteiger partial charge in [0.1, 0.15) is 0 Å². The van der Waals surface area contributed by atoms with Crippen LogP contribution in [0.25, 0.3) is 0 Å². The van der Waals surface area contributed by atoms with Crippen LogP contribution in [-0.2, 0) is 41.0 Å². The van der Waals surface area contributed by atoms with Gasteiger partial charge in [-0.3, -0.25) is 14.9 Å². The maximum absolute atomic E-state index is 13.1. The van der Waals surface area contributed by atoms with Crippen LogP contribution in [0, 0.1) is 0 Å². The zero-order valence-corrected chi connectivity index (χ0v) is 34.5. The molecule has 2 aromatic heterocycles. The number of sulfone groups is 2. The van der Waals surface area contributed by atoms with Crippen LogP contribution in [-0.4, -0.2) is 124 Å². The quantitative estimate of drug-likeness (QED) is 0.202. The number of rotatable bonds is 7. The van der Waals surface area contributed by atoms with E-state index in [1.807, 2.05) is 36.4 Å². The number of benzene rings is 2. The van der Waals surface area contributed by atoms with Crippen LogP contribution in [0.4, 0.5) is 21.0 Å². The van der Waals surface area contributed by atoms with Crippen molar-refractivity contribution in [2.75, 3.05) is 73.6 Å². The lowest BCUT2D eigenvalue weighted by Crippen LogP contribution is -2.49. The number of hydrogen-bond acceptors (Lipinski definition) is 12. The van der Waals surface area contributed by atoms with E-state index in [9.17, 15) is 36.0 Å². The van der Waals surface area contributed by atoms with E-state index in [-0.39, 0.29) is 73.8 Å². The van der Waals surface area contributed by atoms with Crippen molar-refractivity contribution in [1.29, 1.82) is 0 Å². The highest BCUT2D eigenvalue weighted by molar-refractivity contribution is 9.08. The van der Waals surface area contributed by atoms with E-state index in [1.165, 1.54) is 36.4 Å². The average Bonchev–Trinajstić information content (AvgIpc) is 3.23. The van der Waals surface area contributed by atoms with Gasteiger partial charge in [-0.1, -0.05) is 52.3 Å². The number of amides is 4. The van der Waals surface area contributed by atoms with Crippen molar-refractivity contribution >= 4 is 71.0 Å². The van der Waals surface area contributed by atoms with Crippen molar-refractivity contribution in [3.05, 3.63) is 120 Å². The SMILES string of the molecule is COC(=O)c1ccc(CBr)nc1.COC(=O)c1ccc(CN(C(=O)N2CCS(=O)(=O)CC2)c2ccccc2)nc1.O=C(Nc1ccccc1)N1CCS(=O)(=O)CC1. The molecule has 2 fully saturated rings. The van der Waals surface area contributed by atoms with Gasteiger partial charge in [0.15, 0.2) is 19.7 Å². The number of aromatic nitrogens is 2. The van der Waals surface area contributed by atoms with Gasteiger partial charge in [0.05, 0.1) is 66.3 Å². The Kier molecular flexibility index (Phi) is 16.5. The predicted octanol–water partition coefficient (Wildman–Crippen LogP) is 4.44. The van der Waals surface area contributed by atoms with Crippen LogP contribution in [0.3, 0.4) is 0 Å². The molecule has 4 aromatic rings. The summed E-state index contributed by atoms with van der Waals surface area (Å²) in [6, 6.07) is 24.4. The predicted molar refractivity (Wildman–Crippen MR) is 218 cm³/mol. The number of halogens is 1. The first-order valence-corrected chi connectivity index (χ1v) is 22.3. The third-order valence-corrected chi connectivity index (χ3v) is 12.3. The van der Waals surface area contributed by atoms with Crippen LogP contribution < -0.4 is 10.2 Å². The highest BCUT2D eigenvalue weighted by Crippen LogP contribution is 2.20. The van der Waals surface area contributed by atoms with Crippen molar-refractivity contribution in [3.63, 3.8) is 0 Å². The number of carbonyl (C=O) groups is 4. The second-order valence-corrected chi connectivity index (χ2v) is 17.6. The molecule has 0 spiro atoms. The summed E-state index contributed by atoms with van der Waals surface area (Å²) >= 11 is 3.26. The molecule has 19 heteroatoms. The Morgan fingerprint density at radius 3 is 1.56 bits per heavy atom. The number of carbonyl (C=O) groups excluding carboxylic acids is 4. The fourth-order valence-electron chi connectivity index (χ4n) is 5.25. The molecule has 2 aromatic carbocycles. The molecule has 0 radical (unpaired) electrons. The van der Waals surface area contributed by atoms with Crippen LogP contribution in [0.2, 0.25) is 0 Å². The maximum Gasteiger partial charge on any atom is 0.339 e. The number of urea groups is 2. The largest absolute Gasteiger partial charge is 0.465 e. The van der Waals surface area contributed by atoms with Gasteiger partial charge >= 0.3 is 24.0 Å². The van der Waals surface area contributed by atoms with E-state index in [1.54, 1.807) is 53.4 Å². The number of nitrogens with one attached hydrogen (secondary N) is 1. The summed E-state index contributed by atoms with van der Waals surface area (Å²) in [6.45, 7) is 1.05. The van der Waals surface area contributed by atoms with Gasteiger partial charge in [0.2, 0.25) is 0 Å². The Morgan fingerprint density at radius 2 is 1.12 bits per heavy atom. The number of anilines is 2. The first-order chi connectivity index (χ1) is 27.2. The van der Waals surface area contributed by atoms with E-state index in [0.29, 0.717) is 33.5 Å². The molecule has 0 saturated carbocycles. The molecule has 57 heavy (non-hydrogen) atoms. The fraction of sp³-hybridized carbons (Fsp3) is 0.316. The molecule has 4 heterocycles. The number of pyridine rings is 2. The summed E-state index contributed by atoms with van der Waals surface area (Å²) in [5.74, 6) is -0.807. The summed E-state index contributed by atoms with van der Waals surface area (Å²) in [6.07, 6.45) is 2.91. The van der Waals surface area contributed by atoms with Gasteiger partial charge in [0, 0.05) is 55.3 Å². The number of ether oxygens (including phenoxy) is 2. The summed E-state index contributed by atoms with van der Waals surface area (Å²) in [4.78, 5) is 60.3. The topological polar surface area (TPSA) is 203 Å². The number of esters is 2. The van der Waals surface area contributed by atoms with Gasteiger partial charge in [-0.25, -0.2) is 36.0 Å². The highest BCUT2D eigenvalue weighted by atomic mass is 79.9. The first-order valence-electron chi connectivity index (χ1n) is 17.5. The van der Waals surface area contributed by atoms with E-state index < -0.39 is 25.6 Å². The zero-order chi connectivity index (χ0) is 41.4. The van der Waals surface area contributed by atoms with E-state index >= 15 is 0 Å². The minimum Gasteiger partial charge on any atom is -0.465 e. The van der Waals surface area contributed by atoms with Gasteiger partial charge in [-0.2, -0.15) is 0 Å². The lowest BCUT2D eigenvalue weighted by Gasteiger charge is -2.32. The summed E-state index contributed by atoms with van der Waals surface area (Å²) in [7, 11) is -3.38. The van der Waals surface area contributed by atoms with Gasteiger partial charge < -0.3 is 24.6 Å². The molecule has 0 atom stereocenters. The summed E-state index contributed by atoms with van der Waals surface area (Å²) in [5, 5.41) is 3.42. The molecule has 2 aliphatic heterocycles. The molecule has 0 aliphatic carbocycles. The van der Waals surface area contributed by atoms with Crippen LogP contribution >= 0.6 is 15.9 Å². The van der Waals surface area contributed by atoms with Crippen molar-refractivity contribution in [2.24, 2.45) is 0 Å². The van der Waals surface area contributed by atoms with Crippen molar-refractivity contribution in [3.8, 4) is 0 Å². The Balaban J connectivity index is 0.000000210. The smallest absolute Gasteiger partial charge is 0.339 e. The molecule has 2 aliphatic rings. The standard InChI is InChI=1S/C19H21N3O5S.C11H14N2O3S.C8H8BrNO2/c1-27-18(23)15-7-8-16(20-13-15)14-22(17-5-3-2-4-6-17)19(24)21-9-11-28(25,26)12-10-21;14-11(12-10-4-2-1-3-5-10)13-6-8-17(15,16)9-7-13;1-12-8(11)6-2-3-7(4-9)10-5-6/h2-8,13H,9-12,14H2,1H3;1-5H,6-9H2,(H,12,14);2-3,5H,4H2,1H3. The summed E-state index contributed by atoms with van der Waals surface area (Å²) in [5.41, 5.74) is 3.68. The van der Waals surface area contributed by atoms with Gasteiger partial charge in [-0.15, -0.1) is 0 Å². The number of nitrogens with zero attached hydrogens (tertiary/aromatic N) is 5. The average molecular weight is 888 g/mol. The van der Waals surface area contributed by atoms with E-state index in [4.69, 9.17) is 0 Å². The lowest BCUT2D eigenvalue weighted by atomic mass is 10.2. The zero-order valence-electron chi connectivity index (χ0n) is 31.3. The molecule has 0 unspecified atom stereocenters. The maximum atomic E-state index is 13.1. The second kappa shape index (κ2) is 21.2. The van der Waals surface area contributed by atoms with Crippen molar-refractivity contribution < 1.29 is 45.5 Å². The Morgan fingerprint density at radius 1 is 0.667 bits per heavy atom. The molecule has 0 bridgehead atoms. The minimum absolute atomic E-state index is 0.0343. The summed E-state index contributed by atoms with van der Waals surface area (Å²) < 4.78 is 54.9. The molecular weight excluding hydrogens is 844 g/mol. The highest BCUT2D eigenvalue weighted by Gasteiger charge is 2.29. The minimum atomic E-state index is -3.08. The van der Waals surface area contributed by atoms with Gasteiger partial charge in [0.25, 0.3) is 0 Å². The number of hydrogen-bond donors (Lipinski definition) is 1. The Labute approximate surface area is 340 Å². The van der Waals surface area contributed by atoms with Crippen LogP contribution in [0.15, 0.2) is 97.3 Å². The van der Waals surface area contributed by atoms with Crippen molar-refractivity contribution in [2.45, 2.75) is 11.9 Å². The molecule has 16 nitrogen and oxygen atoms in total. The lowest BCUT2D eigenvalue weighted by molar-refractivity contribution is 0.0591.